The molecule has 0 saturated heterocycles. The quantitative estimate of drug-likeness (QED) is 0.328. The van der Waals surface area contributed by atoms with Gasteiger partial charge in [0.1, 0.15) is 5.01 Å². The Morgan fingerprint density at radius 2 is 1.54 bits per heavy atom. The molecule has 7 nitrogen and oxygen atoms in total. The van der Waals surface area contributed by atoms with Crippen LogP contribution in [0.2, 0.25) is 0 Å². The predicted octanol–water partition coefficient (Wildman–Crippen LogP) is 6.72. The monoisotopic (exact) mass is 493 g/mol. The Morgan fingerprint density at radius 3 is 2.14 bits per heavy atom. The van der Waals surface area contributed by atoms with Crippen molar-refractivity contribution in [2.24, 2.45) is 0 Å². The number of amides is 3. The molecule has 1 heterocycles. The zero-order valence-corrected chi connectivity index (χ0v) is 22.0. The predicted molar refractivity (Wildman–Crippen MR) is 144 cm³/mol. The second-order valence-electron chi connectivity index (χ2n) is 9.11. The van der Waals surface area contributed by atoms with E-state index in [1.54, 1.807) is 4.90 Å². The summed E-state index contributed by atoms with van der Waals surface area (Å²) in [6.45, 7) is 11.4. The number of hydrogen-bond donors (Lipinski definition) is 2. The van der Waals surface area contributed by atoms with E-state index in [1.807, 2.05) is 43.3 Å². The van der Waals surface area contributed by atoms with Crippen molar-refractivity contribution in [1.29, 1.82) is 0 Å². The number of nitrogens with zero attached hydrogens (tertiary/aromatic N) is 3. The standard InChI is InChI=1S/C27H35N5O2S/c1-6-16-32(27(34)29-24-21(18(2)3)13-10-14-22(24)19(4)5)17-15-23(33)28-26-31-30-25(35-26)20-11-8-7-9-12-20/h7-14,18-19H,6,15-17H2,1-5H3,(H,29,34)(H,28,31,33). The number of rotatable bonds is 10. The van der Waals surface area contributed by atoms with Crippen LogP contribution in [0.5, 0.6) is 0 Å². The summed E-state index contributed by atoms with van der Waals surface area (Å²) < 4.78 is 0. The molecule has 2 aromatic carbocycles. The molecule has 8 heteroatoms. The Kier molecular flexibility index (Phi) is 9.37. The van der Waals surface area contributed by atoms with Gasteiger partial charge in [0, 0.05) is 30.8 Å². The molecule has 0 aliphatic carbocycles. The molecule has 35 heavy (non-hydrogen) atoms. The summed E-state index contributed by atoms with van der Waals surface area (Å²) in [7, 11) is 0. The van der Waals surface area contributed by atoms with Gasteiger partial charge in [0.2, 0.25) is 11.0 Å². The third kappa shape index (κ3) is 7.11. The molecular formula is C27H35N5O2S. The topological polar surface area (TPSA) is 87.2 Å². The number of carbonyl (C=O) groups excluding carboxylic acids is 2. The molecule has 0 aliphatic rings. The summed E-state index contributed by atoms with van der Waals surface area (Å²) in [5.74, 6) is 0.365. The third-order valence-electron chi connectivity index (χ3n) is 5.69. The van der Waals surface area contributed by atoms with E-state index in [0.717, 1.165) is 33.8 Å². The maximum atomic E-state index is 13.2. The van der Waals surface area contributed by atoms with E-state index in [-0.39, 0.29) is 30.2 Å². The normalized spacial score (nSPS) is 11.1. The highest BCUT2D eigenvalue weighted by Gasteiger charge is 2.20. The van der Waals surface area contributed by atoms with E-state index in [1.165, 1.54) is 11.3 Å². The van der Waals surface area contributed by atoms with Crippen molar-refractivity contribution in [2.75, 3.05) is 23.7 Å². The number of carbonyl (C=O) groups is 2. The molecule has 186 valence electrons. The van der Waals surface area contributed by atoms with Crippen LogP contribution < -0.4 is 10.6 Å². The first-order valence-corrected chi connectivity index (χ1v) is 13.0. The van der Waals surface area contributed by atoms with Gasteiger partial charge < -0.3 is 15.5 Å². The van der Waals surface area contributed by atoms with Gasteiger partial charge in [0.05, 0.1) is 0 Å². The fourth-order valence-electron chi connectivity index (χ4n) is 3.86. The first-order chi connectivity index (χ1) is 16.8. The van der Waals surface area contributed by atoms with Crippen LogP contribution in [0.15, 0.2) is 48.5 Å². The van der Waals surface area contributed by atoms with Crippen molar-refractivity contribution in [2.45, 2.75) is 59.3 Å². The zero-order chi connectivity index (χ0) is 25.4. The molecule has 0 fully saturated rings. The first-order valence-electron chi connectivity index (χ1n) is 12.2. The van der Waals surface area contributed by atoms with Gasteiger partial charge in [-0.25, -0.2) is 4.79 Å². The molecule has 3 rings (SSSR count). The SMILES string of the molecule is CCCN(CCC(=O)Nc1nnc(-c2ccccc2)s1)C(=O)Nc1c(C(C)C)cccc1C(C)C. The highest BCUT2D eigenvalue weighted by atomic mass is 32.1. The minimum Gasteiger partial charge on any atom is -0.324 e. The van der Waals surface area contributed by atoms with Crippen LogP contribution in [-0.2, 0) is 4.79 Å². The summed E-state index contributed by atoms with van der Waals surface area (Å²) in [4.78, 5) is 27.6. The number of hydrogen-bond acceptors (Lipinski definition) is 5. The van der Waals surface area contributed by atoms with Crippen molar-refractivity contribution >= 4 is 34.1 Å². The summed E-state index contributed by atoms with van der Waals surface area (Å²) >= 11 is 1.33. The van der Waals surface area contributed by atoms with Crippen LogP contribution in [0, 0.1) is 0 Å². The molecular weight excluding hydrogens is 458 g/mol. The Bertz CT molecular complexity index is 1100. The number of urea groups is 1. The molecule has 0 unspecified atom stereocenters. The molecule has 0 atom stereocenters. The van der Waals surface area contributed by atoms with Crippen molar-refractivity contribution in [1.82, 2.24) is 15.1 Å². The highest BCUT2D eigenvalue weighted by molar-refractivity contribution is 7.18. The molecule has 3 aromatic rings. The number of nitrogens with one attached hydrogen (secondary N) is 2. The Labute approximate surface area is 212 Å². The van der Waals surface area contributed by atoms with Gasteiger partial charge in [0.25, 0.3) is 0 Å². The number of anilines is 2. The maximum Gasteiger partial charge on any atom is 0.321 e. The number of aromatic nitrogens is 2. The number of para-hydroxylation sites is 1. The molecule has 1 aromatic heterocycles. The smallest absolute Gasteiger partial charge is 0.321 e. The largest absolute Gasteiger partial charge is 0.324 e. The molecule has 3 amide bonds. The lowest BCUT2D eigenvalue weighted by Gasteiger charge is -2.26. The first kappa shape index (κ1) is 26.3. The average Bonchev–Trinajstić information content (AvgIpc) is 3.30. The van der Waals surface area contributed by atoms with E-state index >= 15 is 0 Å². The van der Waals surface area contributed by atoms with Crippen LogP contribution in [0.4, 0.5) is 15.6 Å². The van der Waals surface area contributed by atoms with Crippen molar-refractivity contribution in [3.63, 3.8) is 0 Å². The van der Waals surface area contributed by atoms with Gasteiger partial charge in [-0.3, -0.25) is 4.79 Å². The average molecular weight is 494 g/mol. The van der Waals surface area contributed by atoms with Crippen LogP contribution in [0.3, 0.4) is 0 Å². The van der Waals surface area contributed by atoms with E-state index in [9.17, 15) is 9.59 Å². The summed E-state index contributed by atoms with van der Waals surface area (Å²) in [5, 5.41) is 15.4. The van der Waals surface area contributed by atoms with Gasteiger partial charge in [-0.05, 0) is 29.4 Å². The molecule has 0 spiro atoms. The Morgan fingerprint density at radius 1 is 0.886 bits per heavy atom. The van der Waals surface area contributed by atoms with E-state index in [0.29, 0.717) is 18.2 Å². The van der Waals surface area contributed by atoms with Crippen molar-refractivity contribution in [3.05, 3.63) is 59.7 Å². The minimum absolute atomic E-state index is 0.177. The fourth-order valence-corrected chi connectivity index (χ4v) is 4.62. The Hall–Kier alpha value is -3.26. The van der Waals surface area contributed by atoms with E-state index in [2.05, 4.69) is 60.7 Å². The van der Waals surface area contributed by atoms with Gasteiger partial charge in [0.15, 0.2) is 0 Å². The lowest BCUT2D eigenvalue weighted by Crippen LogP contribution is -2.38. The lowest BCUT2D eigenvalue weighted by atomic mass is 9.93. The number of benzene rings is 2. The van der Waals surface area contributed by atoms with Gasteiger partial charge >= 0.3 is 6.03 Å². The summed E-state index contributed by atoms with van der Waals surface area (Å²) in [5.41, 5.74) is 4.07. The van der Waals surface area contributed by atoms with E-state index < -0.39 is 0 Å². The van der Waals surface area contributed by atoms with Crippen LogP contribution >= 0.6 is 11.3 Å². The third-order valence-corrected chi connectivity index (χ3v) is 6.57. The molecule has 2 N–H and O–H groups in total. The molecule has 0 radical (unpaired) electrons. The Balaban J connectivity index is 1.64. The van der Waals surface area contributed by atoms with E-state index in [4.69, 9.17) is 0 Å². The van der Waals surface area contributed by atoms with Crippen LogP contribution in [-0.4, -0.2) is 40.1 Å². The summed E-state index contributed by atoms with van der Waals surface area (Å²) in [6.07, 6.45) is 0.977. The minimum atomic E-state index is -0.194. The van der Waals surface area contributed by atoms with Gasteiger partial charge in [-0.1, -0.05) is 94.5 Å². The molecule has 0 bridgehead atoms. The molecule has 0 aliphatic heterocycles. The van der Waals surface area contributed by atoms with Crippen LogP contribution in [0.1, 0.15) is 70.4 Å². The second kappa shape index (κ2) is 12.4. The maximum absolute atomic E-state index is 13.2. The second-order valence-corrected chi connectivity index (χ2v) is 10.1. The zero-order valence-electron chi connectivity index (χ0n) is 21.2. The summed E-state index contributed by atoms with van der Waals surface area (Å²) in [6, 6.07) is 15.7. The lowest BCUT2D eigenvalue weighted by molar-refractivity contribution is -0.116. The van der Waals surface area contributed by atoms with Crippen LogP contribution in [0.25, 0.3) is 10.6 Å². The molecule has 0 saturated carbocycles. The van der Waals surface area contributed by atoms with Gasteiger partial charge in [-0.2, -0.15) is 0 Å². The van der Waals surface area contributed by atoms with Crippen molar-refractivity contribution < 1.29 is 9.59 Å². The fraction of sp³-hybridized carbons (Fsp3) is 0.407. The van der Waals surface area contributed by atoms with Crippen molar-refractivity contribution in [3.8, 4) is 10.6 Å². The van der Waals surface area contributed by atoms with Gasteiger partial charge in [-0.15, -0.1) is 10.2 Å². The highest BCUT2D eigenvalue weighted by Crippen LogP contribution is 2.32.